The molecular weight excluding hydrogens is 564 g/mol. The number of nitrogens with zero attached hydrogens (tertiary/aromatic N) is 1. The van der Waals surface area contributed by atoms with E-state index < -0.39 is 47.1 Å². The van der Waals surface area contributed by atoms with Crippen molar-refractivity contribution in [3.63, 3.8) is 0 Å². The molecule has 3 aromatic carbocycles. The van der Waals surface area contributed by atoms with Crippen LogP contribution in [0.25, 0.3) is 0 Å². The number of carbonyl (C=O) groups excluding carboxylic acids is 1. The summed E-state index contributed by atoms with van der Waals surface area (Å²) in [5, 5.41) is 12.1. The third kappa shape index (κ3) is 7.01. The van der Waals surface area contributed by atoms with Crippen LogP contribution < -0.4 is 10.1 Å². The minimum Gasteiger partial charge on any atom is -0.482 e. The maximum atomic E-state index is 15.0. The molecule has 212 valence electrons. The first-order chi connectivity index (χ1) is 19.4. The Morgan fingerprint density at radius 1 is 1.00 bits per heavy atom. The summed E-state index contributed by atoms with van der Waals surface area (Å²) in [6.07, 6.45) is 1.30. The molecule has 4 rings (SSSR count). The number of aliphatic carboxylic acids is 1. The molecule has 0 aliphatic heterocycles. The van der Waals surface area contributed by atoms with Crippen LogP contribution in [0.3, 0.4) is 0 Å². The van der Waals surface area contributed by atoms with Crippen LogP contribution in [0.5, 0.6) is 5.75 Å². The molecule has 0 aliphatic rings. The number of halogens is 5. The molecule has 0 saturated heterocycles. The second-order valence-electron chi connectivity index (χ2n) is 9.32. The van der Waals surface area contributed by atoms with E-state index in [1.165, 1.54) is 24.4 Å². The predicted molar refractivity (Wildman–Crippen MR) is 143 cm³/mol. The Bertz CT molecular complexity index is 1560. The van der Waals surface area contributed by atoms with Crippen molar-refractivity contribution in [2.24, 2.45) is 0 Å². The van der Waals surface area contributed by atoms with Gasteiger partial charge in [-0.15, -0.1) is 0 Å². The number of rotatable bonds is 10. The second-order valence-corrected chi connectivity index (χ2v) is 9.76. The van der Waals surface area contributed by atoms with Gasteiger partial charge in [-0.1, -0.05) is 41.9 Å². The zero-order valence-electron chi connectivity index (χ0n) is 21.5. The van der Waals surface area contributed by atoms with Crippen molar-refractivity contribution in [2.75, 3.05) is 6.61 Å². The third-order valence-corrected chi connectivity index (χ3v) is 6.46. The molecule has 0 fully saturated rings. The molecule has 0 bridgehead atoms. The van der Waals surface area contributed by atoms with Gasteiger partial charge in [0.1, 0.15) is 22.9 Å². The Hall–Kier alpha value is -4.44. The van der Waals surface area contributed by atoms with Gasteiger partial charge in [-0.05, 0) is 53.6 Å². The smallest absolute Gasteiger partial charge is 0.341 e. The summed E-state index contributed by atoms with van der Waals surface area (Å²) in [6, 6.07) is 17.8. The fourth-order valence-electron chi connectivity index (χ4n) is 4.36. The summed E-state index contributed by atoms with van der Waals surface area (Å²) in [6.45, 7) is -0.250. The van der Waals surface area contributed by atoms with E-state index in [1.54, 1.807) is 30.3 Å². The lowest BCUT2D eigenvalue weighted by Gasteiger charge is -2.36. The number of carbonyl (C=O) groups is 2. The standard InChI is InChI=1S/C30H23ClF4N2O4/c1-29(34,35)24-11-19(7-9-25(24)33)28(40)37-30(15-18-5-3-2-4-6-18,26-10-8-21(31)16-36-26)20-12-22(32)14-23(13-20)41-17-27(38)39/h2-14,16H,15,17H2,1H3,(H,37,40)(H,38,39)/t30-/m0/s1. The zero-order chi connectivity index (χ0) is 29.8. The number of nitrogens with one attached hydrogen (secondary N) is 1. The van der Waals surface area contributed by atoms with Crippen molar-refractivity contribution in [2.45, 2.75) is 24.8 Å². The van der Waals surface area contributed by atoms with Gasteiger partial charge in [0.2, 0.25) is 0 Å². The van der Waals surface area contributed by atoms with Gasteiger partial charge in [0.15, 0.2) is 6.61 Å². The predicted octanol–water partition coefficient (Wildman–Crippen LogP) is 6.50. The number of pyridine rings is 1. The zero-order valence-corrected chi connectivity index (χ0v) is 22.3. The lowest BCUT2D eigenvalue weighted by atomic mass is 9.80. The van der Waals surface area contributed by atoms with Crippen LogP contribution in [0.1, 0.15) is 39.7 Å². The Balaban J connectivity index is 1.93. The molecule has 1 amide bonds. The molecule has 0 spiro atoms. The highest BCUT2D eigenvalue weighted by atomic mass is 35.5. The van der Waals surface area contributed by atoms with E-state index in [4.69, 9.17) is 21.4 Å². The topological polar surface area (TPSA) is 88.5 Å². The average molecular weight is 587 g/mol. The van der Waals surface area contributed by atoms with Crippen molar-refractivity contribution < 1.29 is 37.0 Å². The van der Waals surface area contributed by atoms with E-state index in [0.29, 0.717) is 12.5 Å². The number of alkyl halides is 2. The fraction of sp³-hybridized carbons (Fsp3) is 0.167. The van der Waals surface area contributed by atoms with Gasteiger partial charge < -0.3 is 15.2 Å². The van der Waals surface area contributed by atoms with Crippen LogP contribution in [0.4, 0.5) is 17.6 Å². The van der Waals surface area contributed by atoms with Crippen LogP contribution in [-0.4, -0.2) is 28.6 Å². The summed E-state index contributed by atoms with van der Waals surface area (Å²) in [4.78, 5) is 29.2. The number of carboxylic acid groups (broad SMARTS) is 1. The first-order valence-electron chi connectivity index (χ1n) is 12.2. The third-order valence-electron chi connectivity index (χ3n) is 6.23. The summed E-state index contributed by atoms with van der Waals surface area (Å²) in [7, 11) is 0. The first kappa shape index (κ1) is 29.5. The summed E-state index contributed by atoms with van der Waals surface area (Å²) in [5.74, 6) is -7.89. The molecule has 41 heavy (non-hydrogen) atoms. The number of hydrogen-bond acceptors (Lipinski definition) is 4. The van der Waals surface area contributed by atoms with Gasteiger partial charge in [0.25, 0.3) is 11.8 Å². The van der Waals surface area contributed by atoms with Gasteiger partial charge in [0, 0.05) is 31.2 Å². The normalized spacial score (nSPS) is 12.8. The van der Waals surface area contributed by atoms with E-state index >= 15 is 0 Å². The van der Waals surface area contributed by atoms with E-state index in [0.717, 1.165) is 30.3 Å². The highest BCUT2D eigenvalue weighted by Gasteiger charge is 2.39. The highest BCUT2D eigenvalue weighted by Crippen LogP contribution is 2.36. The van der Waals surface area contributed by atoms with Gasteiger partial charge in [-0.25, -0.2) is 22.4 Å². The minimum atomic E-state index is -3.57. The van der Waals surface area contributed by atoms with Crippen molar-refractivity contribution in [3.8, 4) is 5.75 Å². The van der Waals surface area contributed by atoms with Crippen LogP contribution in [0.2, 0.25) is 5.02 Å². The van der Waals surface area contributed by atoms with Gasteiger partial charge >= 0.3 is 5.97 Å². The maximum absolute atomic E-state index is 15.0. The average Bonchev–Trinajstić information content (AvgIpc) is 2.91. The molecule has 1 aromatic heterocycles. The molecule has 11 heteroatoms. The number of amides is 1. The number of benzene rings is 3. The number of ether oxygens (including phenoxy) is 1. The van der Waals surface area contributed by atoms with Crippen molar-refractivity contribution >= 4 is 23.5 Å². The number of carboxylic acids is 1. The van der Waals surface area contributed by atoms with E-state index in [-0.39, 0.29) is 34.0 Å². The molecule has 0 aliphatic carbocycles. The van der Waals surface area contributed by atoms with Gasteiger partial charge in [-0.3, -0.25) is 9.78 Å². The first-order valence-corrected chi connectivity index (χ1v) is 12.6. The second kappa shape index (κ2) is 12.0. The molecule has 6 nitrogen and oxygen atoms in total. The SMILES string of the molecule is CC(F)(F)c1cc(C(=O)N[C@@](Cc2ccccc2)(c2cc(F)cc(OCC(=O)O)c2)c2ccc(Cl)cn2)ccc1F. The fourth-order valence-corrected chi connectivity index (χ4v) is 4.47. The quantitative estimate of drug-likeness (QED) is 0.207. The minimum absolute atomic E-state index is 0.0198. The number of hydrogen-bond donors (Lipinski definition) is 2. The van der Waals surface area contributed by atoms with Crippen molar-refractivity contribution in [1.82, 2.24) is 10.3 Å². The summed E-state index contributed by atoms with van der Waals surface area (Å²) in [5.41, 5.74) is -1.96. The van der Waals surface area contributed by atoms with Crippen LogP contribution in [0, 0.1) is 11.6 Å². The molecule has 2 N–H and O–H groups in total. The molecule has 1 atom stereocenters. The Kier molecular flexibility index (Phi) is 8.63. The lowest BCUT2D eigenvalue weighted by molar-refractivity contribution is -0.139. The molecule has 1 heterocycles. The van der Waals surface area contributed by atoms with Crippen molar-refractivity contribution in [3.05, 3.63) is 130 Å². The van der Waals surface area contributed by atoms with E-state index in [2.05, 4.69) is 10.3 Å². The monoisotopic (exact) mass is 586 g/mol. The van der Waals surface area contributed by atoms with E-state index in [9.17, 15) is 27.2 Å². The Morgan fingerprint density at radius 3 is 2.37 bits per heavy atom. The number of aromatic nitrogens is 1. The Labute approximate surface area is 237 Å². The summed E-state index contributed by atoms with van der Waals surface area (Å²) < 4.78 is 62.6. The lowest BCUT2D eigenvalue weighted by Crippen LogP contribution is -2.49. The molecular formula is C30H23ClF4N2O4. The van der Waals surface area contributed by atoms with Crippen LogP contribution in [0.15, 0.2) is 85.1 Å². The highest BCUT2D eigenvalue weighted by molar-refractivity contribution is 6.30. The maximum Gasteiger partial charge on any atom is 0.341 e. The largest absolute Gasteiger partial charge is 0.482 e. The molecule has 0 saturated carbocycles. The van der Waals surface area contributed by atoms with Crippen LogP contribution >= 0.6 is 11.6 Å². The van der Waals surface area contributed by atoms with Crippen molar-refractivity contribution in [1.29, 1.82) is 0 Å². The Morgan fingerprint density at radius 2 is 1.73 bits per heavy atom. The molecule has 4 aromatic rings. The summed E-state index contributed by atoms with van der Waals surface area (Å²) >= 11 is 6.07. The molecule has 0 unspecified atom stereocenters. The van der Waals surface area contributed by atoms with E-state index in [1.807, 2.05) is 0 Å². The van der Waals surface area contributed by atoms with Gasteiger partial charge in [0.05, 0.1) is 16.3 Å². The molecule has 0 radical (unpaired) electrons. The van der Waals surface area contributed by atoms with Crippen LogP contribution in [-0.2, 0) is 22.7 Å². The van der Waals surface area contributed by atoms with Gasteiger partial charge in [-0.2, -0.15) is 0 Å².